The van der Waals surface area contributed by atoms with Gasteiger partial charge in [-0.3, -0.25) is 10.4 Å². The molecule has 0 amide bonds. The van der Waals surface area contributed by atoms with E-state index in [0.717, 1.165) is 58.1 Å². The lowest BCUT2D eigenvalue weighted by molar-refractivity contribution is -0.0356. The van der Waals surface area contributed by atoms with Crippen molar-refractivity contribution in [1.82, 2.24) is 10.3 Å². The van der Waals surface area contributed by atoms with Gasteiger partial charge in [0.25, 0.3) is 0 Å². The smallest absolute Gasteiger partial charge is 0.208 e. The minimum absolute atomic E-state index is 0.110. The third-order valence-corrected chi connectivity index (χ3v) is 3.49. The molecular weight excluding hydrogens is 244 g/mol. The molecule has 1 rings (SSSR count). The van der Waals surface area contributed by atoms with Crippen LogP contribution in [0.15, 0.2) is 4.99 Å². The summed E-state index contributed by atoms with van der Waals surface area (Å²) in [7, 11) is 1.76. The predicted molar refractivity (Wildman–Crippen MR) is 77.0 cm³/mol. The molecule has 6 heteroatoms. The Labute approximate surface area is 116 Å². The van der Waals surface area contributed by atoms with Crippen molar-refractivity contribution in [2.45, 2.75) is 38.7 Å². The van der Waals surface area contributed by atoms with Crippen molar-refractivity contribution < 1.29 is 9.47 Å². The van der Waals surface area contributed by atoms with Crippen LogP contribution in [0.5, 0.6) is 0 Å². The van der Waals surface area contributed by atoms with Gasteiger partial charge >= 0.3 is 0 Å². The zero-order valence-corrected chi connectivity index (χ0v) is 12.4. The SMILES string of the molecule is CCOCCCN=C(NN)N1CCCC(C)(OC)C1. The number of methoxy groups -OCH3 is 1. The Morgan fingerprint density at radius 2 is 2.32 bits per heavy atom. The molecule has 0 aromatic carbocycles. The minimum Gasteiger partial charge on any atom is -0.382 e. The number of likely N-dealkylation sites (tertiary alicyclic amines) is 1. The topological polar surface area (TPSA) is 72.1 Å². The number of hydrogen-bond donors (Lipinski definition) is 2. The first kappa shape index (κ1) is 16.2. The molecule has 1 saturated heterocycles. The molecule has 1 fully saturated rings. The van der Waals surface area contributed by atoms with Crippen LogP contribution >= 0.6 is 0 Å². The predicted octanol–water partition coefficient (Wildman–Crippen LogP) is 0.733. The highest BCUT2D eigenvalue weighted by atomic mass is 16.5. The normalized spacial score (nSPS) is 24.6. The number of rotatable bonds is 6. The second kappa shape index (κ2) is 8.35. The van der Waals surface area contributed by atoms with Crippen molar-refractivity contribution in [3.63, 3.8) is 0 Å². The van der Waals surface area contributed by atoms with Crippen molar-refractivity contribution in [3.8, 4) is 0 Å². The van der Waals surface area contributed by atoms with E-state index >= 15 is 0 Å². The van der Waals surface area contributed by atoms with Crippen LogP contribution in [0.3, 0.4) is 0 Å². The fraction of sp³-hybridized carbons (Fsp3) is 0.923. The first-order chi connectivity index (χ1) is 9.15. The van der Waals surface area contributed by atoms with Gasteiger partial charge in [-0.1, -0.05) is 0 Å². The van der Waals surface area contributed by atoms with E-state index in [1.807, 2.05) is 6.92 Å². The molecule has 3 N–H and O–H groups in total. The summed E-state index contributed by atoms with van der Waals surface area (Å²) in [6.45, 7) is 8.13. The number of nitrogens with zero attached hydrogens (tertiary/aromatic N) is 2. The van der Waals surface area contributed by atoms with Crippen LogP contribution in [0.25, 0.3) is 0 Å². The highest BCUT2D eigenvalue weighted by molar-refractivity contribution is 5.79. The molecule has 1 aliphatic rings. The van der Waals surface area contributed by atoms with Crippen LogP contribution in [0.1, 0.15) is 33.1 Å². The second-order valence-electron chi connectivity index (χ2n) is 5.08. The summed E-state index contributed by atoms with van der Waals surface area (Å²) >= 11 is 0. The highest BCUT2D eigenvalue weighted by Crippen LogP contribution is 2.23. The minimum atomic E-state index is -0.110. The summed E-state index contributed by atoms with van der Waals surface area (Å²) in [5.41, 5.74) is 2.59. The van der Waals surface area contributed by atoms with Crippen LogP contribution < -0.4 is 11.3 Å². The first-order valence-corrected chi connectivity index (χ1v) is 7.04. The molecule has 6 nitrogen and oxygen atoms in total. The van der Waals surface area contributed by atoms with E-state index in [0.29, 0.717) is 0 Å². The van der Waals surface area contributed by atoms with E-state index in [1.54, 1.807) is 7.11 Å². The van der Waals surface area contributed by atoms with Crippen LogP contribution in [0, 0.1) is 0 Å². The van der Waals surface area contributed by atoms with Gasteiger partial charge in [0.1, 0.15) is 0 Å². The summed E-state index contributed by atoms with van der Waals surface area (Å²) in [4.78, 5) is 6.67. The van der Waals surface area contributed by atoms with E-state index in [2.05, 4.69) is 22.2 Å². The lowest BCUT2D eigenvalue weighted by atomic mass is 9.95. The molecule has 1 unspecified atom stereocenters. The average molecular weight is 272 g/mol. The molecule has 0 radical (unpaired) electrons. The Morgan fingerprint density at radius 1 is 1.53 bits per heavy atom. The maximum Gasteiger partial charge on any atom is 0.208 e. The summed E-state index contributed by atoms with van der Waals surface area (Å²) in [5.74, 6) is 6.33. The fourth-order valence-corrected chi connectivity index (χ4v) is 2.29. The zero-order valence-electron chi connectivity index (χ0n) is 12.4. The van der Waals surface area contributed by atoms with Crippen molar-refractivity contribution in [3.05, 3.63) is 0 Å². The highest BCUT2D eigenvalue weighted by Gasteiger charge is 2.31. The standard InChI is InChI=1S/C13H28N4O2/c1-4-19-10-6-8-15-12(16-14)17-9-5-7-13(2,11-17)18-3/h4-11,14H2,1-3H3,(H,15,16). The molecule has 0 aliphatic carbocycles. The molecular formula is C13H28N4O2. The number of aliphatic imine (C=N–C) groups is 1. The molecule has 0 saturated carbocycles. The number of nitrogens with two attached hydrogens (primary N) is 1. The van der Waals surface area contributed by atoms with Gasteiger partial charge in [-0.2, -0.15) is 0 Å². The molecule has 0 aromatic rings. The van der Waals surface area contributed by atoms with E-state index in [1.165, 1.54) is 0 Å². The zero-order chi connectivity index (χ0) is 14.1. The Kier molecular flexibility index (Phi) is 7.12. The van der Waals surface area contributed by atoms with Crippen LogP contribution in [-0.2, 0) is 9.47 Å². The Morgan fingerprint density at radius 3 is 2.95 bits per heavy atom. The summed E-state index contributed by atoms with van der Waals surface area (Å²) in [6.07, 6.45) is 3.07. The quantitative estimate of drug-likeness (QED) is 0.245. The fourth-order valence-electron chi connectivity index (χ4n) is 2.29. The Hall–Kier alpha value is -0.850. The van der Waals surface area contributed by atoms with Gasteiger partial charge in [0.15, 0.2) is 0 Å². The molecule has 0 bridgehead atoms. The van der Waals surface area contributed by atoms with Gasteiger partial charge in [-0.15, -0.1) is 0 Å². The summed E-state index contributed by atoms with van der Waals surface area (Å²) in [5, 5.41) is 0. The molecule has 19 heavy (non-hydrogen) atoms. The number of piperidine rings is 1. The van der Waals surface area contributed by atoms with E-state index < -0.39 is 0 Å². The van der Waals surface area contributed by atoms with E-state index in [9.17, 15) is 0 Å². The summed E-state index contributed by atoms with van der Waals surface area (Å²) < 4.78 is 10.9. The summed E-state index contributed by atoms with van der Waals surface area (Å²) in [6, 6.07) is 0. The molecule has 1 aliphatic heterocycles. The molecule has 112 valence electrons. The number of nitrogens with one attached hydrogen (secondary N) is 1. The van der Waals surface area contributed by atoms with E-state index in [-0.39, 0.29) is 5.60 Å². The number of guanidine groups is 1. The van der Waals surface area contributed by atoms with Gasteiger partial charge in [0.2, 0.25) is 5.96 Å². The molecule has 1 atom stereocenters. The van der Waals surface area contributed by atoms with Gasteiger partial charge in [-0.25, -0.2) is 5.84 Å². The van der Waals surface area contributed by atoms with Crippen LogP contribution in [-0.4, -0.2) is 56.4 Å². The van der Waals surface area contributed by atoms with Crippen LogP contribution in [0.2, 0.25) is 0 Å². The van der Waals surface area contributed by atoms with Gasteiger partial charge in [0, 0.05) is 40.0 Å². The Balaban J connectivity index is 2.46. The van der Waals surface area contributed by atoms with Gasteiger partial charge in [-0.05, 0) is 33.1 Å². The van der Waals surface area contributed by atoms with Crippen molar-refractivity contribution in [1.29, 1.82) is 0 Å². The van der Waals surface area contributed by atoms with Gasteiger partial charge < -0.3 is 14.4 Å². The first-order valence-electron chi connectivity index (χ1n) is 7.04. The maximum absolute atomic E-state index is 5.58. The second-order valence-corrected chi connectivity index (χ2v) is 5.08. The Bertz CT molecular complexity index is 286. The molecule has 0 spiro atoms. The number of ether oxygens (including phenoxy) is 2. The van der Waals surface area contributed by atoms with Gasteiger partial charge in [0.05, 0.1) is 5.60 Å². The van der Waals surface area contributed by atoms with E-state index in [4.69, 9.17) is 15.3 Å². The van der Waals surface area contributed by atoms with Crippen molar-refractivity contribution in [2.24, 2.45) is 10.8 Å². The lowest BCUT2D eigenvalue weighted by Gasteiger charge is -2.40. The molecule has 1 heterocycles. The maximum atomic E-state index is 5.58. The number of hydrazine groups is 1. The third-order valence-electron chi connectivity index (χ3n) is 3.49. The van der Waals surface area contributed by atoms with Crippen molar-refractivity contribution in [2.75, 3.05) is 40.0 Å². The third kappa shape index (κ3) is 5.34. The largest absolute Gasteiger partial charge is 0.382 e. The monoisotopic (exact) mass is 272 g/mol. The van der Waals surface area contributed by atoms with Crippen molar-refractivity contribution >= 4 is 5.96 Å². The molecule has 0 aromatic heterocycles. The van der Waals surface area contributed by atoms with Crippen LogP contribution in [0.4, 0.5) is 0 Å². The number of hydrogen-bond acceptors (Lipinski definition) is 4. The average Bonchev–Trinajstić information content (AvgIpc) is 2.43. The lowest BCUT2D eigenvalue weighted by Crippen LogP contribution is -2.54.